The summed E-state index contributed by atoms with van der Waals surface area (Å²) in [4.78, 5) is 8.48. The van der Waals surface area contributed by atoms with E-state index in [0.717, 1.165) is 17.9 Å². The van der Waals surface area contributed by atoms with Crippen LogP contribution in [0.5, 0.6) is 0 Å². The summed E-state index contributed by atoms with van der Waals surface area (Å²) in [6, 6.07) is 0. The van der Waals surface area contributed by atoms with Crippen LogP contribution in [0.4, 0.5) is 11.8 Å². The molecule has 90 valence electrons. The van der Waals surface area contributed by atoms with Gasteiger partial charge in [-0.25, -0.2) is 4.98 Å². The van der Waals surface area contributed by atoms with Crippen molar-refractivity contribution in [1.82, 2.24) is 9.97 Å². The Labute approximate surface area is 98.5 Å². The molecule has 1 heterocycles. The normalized spacial score (nSPS) is 12.2. The number of nitrogens with zero attached hydrogens (tertiary/aromatic N) is 2. The molecule has 1 unspecified atom stereocenters. The highest BCUT2D eigenvalue weighted by Crippen LogP contribution is 2.11. The Kier molecular flexibility index (Phi) is 5.18. The van der Waals surface area contributed by atoms with E-state index in [9.17, 15) is 4.21 Å². The van der Waals surface area contributed by atoms with Crippen molar-refractivity contribution in [2.75, 3.05) is 35.7 Å². The summed E-state index contributed by atoms with van der Waals surface area (Å²) in [6.45, 7) is 5.39. The van der Waals surface area contributed by atoms with Crippen LogP contribution in [-0.2, 0) is 10.8 Å². The van der Waals surface area contributed by atoms with E-state index in [2.05, 4.69) is 20.6 Å². The smallest absolute Gasteiger partial charge is 0.224 e. The molecule has 0 amide bonds. The van der Waals surface area contributed by atoms with E-state index >= 15 is 0 Å². The molecule has 16 heavy (non-hydrogen) atoms. The van der Waals surface area contributed by atoms with Gasteiger partial charge >= 0.3 is 0 Å². The predicted molar refractivity (Wildman–Crippen MR) is 68.4 cm³/mol. The van der Waals surface area contributed by atoms with Crippen LogP contribution in [0.2, 0.25) is 0 Å². The lowest BCUT2D eigenvalue weighted by Crippen LogP contribution is -2.13. The monoisotopic (exact) mass is 242 g/mol. The topological polar surface area (TPSA) is 66.9 Å². The Morgan fingerprint density at radius 1 is 1.44 bits per heavy atom. The van der Waals surface area contributed by atoms with Crippen LogP contribution in [0.1, 0.15) is 12.5 Å². The average molecular weight is 242 g/mol. The molecule has 0 aromatic carbocycles. The van der Waals surface area contributed by atoms with Crippen molar-refractivity contribution >= 4 is 22.6 Å². The van der Waals surface area contributed by atoms with Gasteiger partial charge in [-0.3, -0.25) is 4.21 Å². The molecule has 0 saturated heterocycles. The van der Waals surface area contributed by atoms with Gasteiger partial charge in [0.2, 0.25) is 5.95 Å². The SMILES string of the molecule is CCNc1ncc(C)c(NCCS(C)=O)n1. The zero-order valence-electron chi connectivity index (χ0n) is 9.91. The molecule has 6 heteroatoms. The quantitative estimate of drug-likeness (QED) is 0.779. The molecule has 1 rings (SSSR count). The average Bonchev–Trinajstić information content (AvgIpc) is 2.22. The van der Waals surface area contributed by atoms with Crippen molar-refractivity contribution in [3.63, 3.8) is 0 Å². The minimum Gasteiger partial charge on any atom is -0.369 e. The summed E-state index contributed by atoms with van der Waals surface area (Å²) < 4.78 is 10.9. The molecule has 5 nitrogen and oxygen atoms in total. The largest absolute Gasteiger partial charge is 0.369 e. The zero-order valence-corrected chi connectivity index (χ0v) is 10.7. The summed E-state index contributed by atoms with van der Waals surface area (Å²) in [5.74, 6) is 2.05. The summed E-state index contributed by atoms with van der Waals surface area (Å²) in [6.07, 6.45) is 3.47. The molecular formula is C10H18N4OS. The van der Waals surface area contributed by atoms with Crippen LogP contribution in [0.25, 0.3) is 0 Å². The van der Waals surface area contributed by atoms with Crippen molar-refractivity contribution in [3.05, 3.63) is 11.8 Å². The maximum atomic E-state index is 10.9. The fourth-order valence-corrected chi connectivity index (χ4v) is 1.57. The van der Waals surface area contributed by atoms with E-state index in [4.69, 9.17) is 0 Å². The lowest BCUT2D eigenvalue weighted by atomic mass is 10.3. The highest BCUT2D eigenvalue weighted by atomic mass is 32.2. The molecule has 1 atom stereocenters. The van der Waals surface area contributed by atoms with Crippen LogP contribution < -0.4 is 10.6 Å². The van der Waals surface area contributed by atoms with E-state index in [-0.39, 0.29) is 0 Å². The number of aryl methyl sites for hydroxylation is 1. The van der Waals surface area contributed by atoms with E-state index in [1.54, 1.807) is 12.5 Å². The molecule has 0 radical (unpaired) electrons. The Morgan fingerprint density at radius 2 is 2.19 bits per heavy atom. The number of anilines is 2. The summed E-state index contributed by atoms with van der Waals surface area (Å²) >= 11 is 0. The molecule has 1 aromatic rings. The number of aromatic nitrogens is 2. The zero-order chi connectivity index (χ0) is 12.0. The van der Waals surface area contributed by atoms with Crippen molar-refractivity contribution in [2.45, 2.75) is 13.8 Å². The maximum absolute atomic E-state index is 10.9. The summed E-state index contributed by atoms with van der Waals surface area (Å²) in [5.41, 5.74) is 0.989. The predicted octanol–water partition coefficient (Wildman–Crippen LogP) is 1.01. The van der Waals surface area contributed by atoms with Gasteiger partial charge in [0.25, 0.3) is 0 Å². The van der Waals surface area contributed by atoms with E-state index in [1.807, 2.05) is 13.8 Å². The maximum Gasteiger partial charge on any atom is 0.224 e. The van der Waals surface area contributed by atoms with Crippen LogP contribution in [0, 0.1) is 6.92 Å². The second-order valence-electron chi connectivity index (χ2n) is 3.46. The van der Waals surface area contributed by atoms with Gasteiger partial charge < -0.3 is 10.6 Å². The first kappa shape index (κ1) is 12.9. The first-order chi connectivity index (χ1) is 7.63. The van der Waals surface area contributed by atoms with Gasteiger partial charge in [0.15, 0.2) is 0 Å². The fraction of sp³-hybridized carbons (Fsp3) is 0.600. The van der Waals surface area contributed by atoms with Crippen LogP contribution >= 0.6 is 0 Å². The molecule has 0 saturated carbocycles. The van der Waals surface area contributed by atoms with Gasteiger partial charge in [0.05, 0.1) is 0 Å². The van der Waals surface area contributed by atoms with Gasteiger partial charge in [-0.2, -0.15) is 4.98 Å². The molecule has 1 aromatic heterocycles. The second kappa shape index (κ2) is 6.42. The summed E-state index contributed by atoms with van der Waals surface area (Å²) in [7, 11) is -0.776. The number of rotatable bonds is 6. The number of hydrogen-bond acceptors (Lipinski definition) is 5. The third-order valence-electron chi connectivity index (χ3n) is 1.99. The van der Waals surface area contributed by atoms with Gasteiger partial charge in [-0.1, -0.05) is 0 Å². The van der Waals surface area contributed by atoms with E-state index < -0.39 is 10.8 Å². The minimum atomic E-state index is -0.776. The van der Waals surface area contributed by atoms with Crippen molar-refractivity contribution in [1.29, 1.82) is 0 Å². The first-order valence-electron chi connectivity index (χ1n) is 5.25. The molecule has 0 aliphatic carbocycles. The Balaban J connectivity index is 2.62. The lowest BCUT2D eigenvalue weighted by molar-refractivity contribution is 0.687. The van der Waals surface area contributed by atoms with Crippen LogP contribution in [0.3, 0.4) is 0 Å². The minimum absolute atomic E-state index is 0.619. The third kappa shape index (κ3) is 4.14. The number of hydrogen-bond donors (Lipinski definition) is 2. The Bertz CT molecular complexity index is 370. The molecule has 0 aliphatic heterocycles. The molecule has 0 fully saturated rings. The fourth-order valence-electron chi connectivity index (χ4n) is 1.18. The van der Waals surface area contributed by atoms with Crippen molar-refractivity contribution < 1.29 is 4.21 Å². The molecular weight excluding hydrogens is 224 g/mol. The highest BCUT2D eigenvalue weighted by Gasteiger charge is 2.02. The van der Waals surface area contributed by atoms with E-state index in [0.29, 0.717) is 18.2 Å². The van der Waals surface area contributed by atoms with E-state index in [1.165, 1.54) is 0 Å². The Morgan fingerprint density at radius 3 is 2.81 bits per heavy atom. The summed E-state index contributed by atoms with van der Waals surface area (Å²) in [5, 5.41) is 6.21. The van der Waals surface area contributed by atoms with Gasteiger partial charge in [-0.15, -0.1) is 0 Å². The first-order valence-corrected chi connectivity index (χ1v) is 6.97. The van der Waals surface area contributed by atoms with Crippen molar-refractivity contribution in [3.8, 4) is 0 Å². The Hall–Kier alpha value is -1.17. The van der Waals surface area contributed by atoms with Crippen LogP contribution in [0.15, 0.2) is 6.20 Å². The van der Waals surface area contributed by atoms with Crippen LogP contribution in [-0.4, -0.2) is 39.3 Å². The molecule has 0 bridgehead atoms. The van der Waals surface area contributed by atoms with Gasteiger partial charge in [0.1, 0.15) is 5.82 Å². The third-order valence-corrected chi connectivity index (χ3v) is 2.77. The van der Waals surface area contributed by atoms with Gasteiger partial charge in [-0.05, 0) is 13.8 Å². The number of nitrogens with one attached hydrogen (secondary N) is 2. The lowest BCUT2D eigenvalue weighted by Gasteiger charge is -2.09. The van der Waals surface area contributed by atoms with Gasteiger partial charge in [0, 0.05) is 47.7 Å². The second-order valence-corrected chi connectivity index (χ2v) is 5.01. The highest BCUT2D eigenvalue weighted by molar-refractivity contribution is 7.84. The molecule has 2 N–H and O–H groups in total. The molecule has 0 aliphatic rings. The molecule has 0 spiro atoms. The van der Waals surface area contributed by atoms with Crippen molar-refractivity contribution in [2.24, 2.45) is 0 Å². The standard InChI is InChI=1S/C10H18N4OS/c1-4-11-10-13-7-8(2)9(14-10)12-5-6-16(3)15/h7H,4-6H2,1-3H3,(H2,11,12,13,14).